The van der Waals surface area contributed by atoms with Gasteiger partial charge in [0.2, 0.25) is 11.8 Å². The third-order valence-corrected chi connectivity index (χ3v) is 5.95. The summed E-state index contributed by atoms with van der Waals surface area (Å²) in [5, 5.41) is 5.85. The van der Waals surface area contributed by atoms with E-state index in [9.17, 15) is 18.8 Å². The fraction of sp³-hybridized carbons (Fsp3) is 0.222. The van der Waals surface area contributed by atoms with E-state index in [0.717, 1.165) is 22.4 Å². The molecular formula is C27H26FN3O3. The van der Waals surface area contributed by atoms with Crippen molar-refractivity contribution in [1.82, 2.24) is 5.32 Å². The van der Waals surface area contributed by atoms with Crippen LogP contribution in [0.15, 0.2) is 66.7 Å². The Labute approximate surface area is 197 Å². The summed E-state index contributed by atoms with van der Waals surface area (Å²) in [4.78, 5) is 38.5. The first-order chi connectivity index (χ1) is 16.2. The van der Waals surface area contributed by atoms with Crippen LogP contribution in [-0.2, 0) is 9.59 Å². The van der Waals surface area contributed by atoms with Gasteiger partial charge in [-0.3, -0.25) is 14.4 Å². The highest BCUT2D eigenvalue weighted by Gasteiger charge is 2.33. The molecule has 0 aromatic heterocycles. The lowest BCUT2D eigenvalue weighted by molar-refractivity contribution is -0.117. The molecule has 3 aromatic carbocycles. The Hall–Kier alpha value is -4.00. The van der Waals surface area contributed by atoms with Crippen LogP contribution in [0.25, 0.3) is 11.1 Å². The molecule has 0 aliphatic carbocycles. The Bertz CT molecular complexity index is 1260. The molecule has 1 aliphatic rings. The van der Waals surface area contributed by atoms with Gasteiger partial charge in [0, 0.05) is 36.8 Å². The van der Waals surface area contributed by atoms with Gasteiger partial charge >= 0.3 is 0 Å². The van der Waals surface area contributed by atoms with E-state index in [-0.39, 0.29) is 29.8 Å². The Morgan fingerprint density at radius 1 is 0.941 bits per heavy atom. The molecule has 0 saturated heterocycles. The van der Waals surface area contributed by atoms with Crippen LogP contribution in [0.2, 0.25) is 0 Å². The number of anilines is 2. The average molecular weight is 460 g/mol. The van der Waals surface area contributed by atoms with E-state index in [4.69, 9.17) is 0 Å². The molecule has 3 amide bonds. The molecule has 0 fully saturated rings. The van der Waals surface area contributed by atoms with Crippen LogP contribution in [0, 0.1) is 5.82 Å². The van der Waals surface area contributed by atoms with E-state index in [2.05, 4.69) is 10.6 Å². The number of carbonyl (C=O) groups excluding carboxylic acids is 3. The number of rotatable bonds is 4. The molecule has 0 bridgehead atoms. The molecule has 0 saturated carbocycles. The van der Waals surface area contributed by atoms with Crippen molar-refractivity contribution >= 4 is 29.1 Å². The van der Waals surface area contributed by atoms with Crippen molar-refractivity contribution in [2.24, 2.45) is 0 Å². The number of nitrogens with zero attached hydrogens (tertiary/aromatic N) is 1. The maximum Gasteiger partial charge on any atom is 0.251 e. The first kappa shape index (κ1) is 23.2. The normalized spacial score (nSPS) is 17.0. The lowest BCUT2D eigenvalue weighted by Crippen LogP contribution is -2.45. The van der Waals surface area contributed by atoms with Crippen molar-refractivity contribution in [3.63, 3.8) is 0 Å². The minimum atomic E-state index is -0.406. The van der Waals surface area contributed by atoms with Crippen LogP contribution in [0.5, 0.6) is 0 Å². The molecule has 2 atom stereocenters. The van der Waals surface area contributed by atoms with Gasteiger partial charge < -0.3 is 15.5 Å². The molecule has 3 aromatic rings. The zero-order valence-electron chi connectivity index (χ0n) is 19.3. The van der Waals surface area contributed by atoms with Crippen LogP contribution >= 0.6 is 0 Å². The molecule has 1 aliphatic heterocycles. The number of carbonyl (C=O) groups is 3. The maximum atomic E-state index is 13.3. The number of halogens is 1. The number of hydrogen-bond acceptors (Lipinski definition) is 3. The average Bonchev–Trinajstić information content (AvgIpc) is 2.78. The van der Waals surface area contributed by atoms with Crippen molar-refractivity contribution in [2.75, 3.05) is 10.2 Å². The first-order valence-electron chi connectivity index (χ1n) is 11.1. The summed E-state index contributed by atoms with van der Waals surface area (Å²) in [6, 6.07) is 18.2. The highest BCUT2D eigenvalue weighted by Crippen LogP contribution is 2.40. The second-order valence-corrected chi connectivity index (χ2v) is 8.54. The van der Waals surface area contributed by atoms with Crippen LogP contribution in [0.3, 0.4) is 0 Å². The van der Waals surface area contributed by atoms with Crippen LogP contribution in [0.1, 0.15) is 49.2 Å². The minimum Gasteiger partial charge on any atom is -0.345 e. The van der Waals surface area contributed by atoms with Gasteiger partial charge in [0.25, 0.3) is 5.91 Å². The number of hydrogen-bond donors (Lipinski definition) is 2. The number of fused-ring (bicyclic) bond motifs is 1. The molecular weight excluding hydrogens is 433 g/mol. The van der Waals surface area contributed by atoms with Crippen molar-refractivity contribution in [3.8, 4) is 11.1 Å². The van der Waals surface area contributed by atoms with Gasteiger partial charge in [0.15, 0.2) is 0 Å². The molecule has 6 nitrogen and oxygen atoms in total. The Balaban J connectivity index is 1.72. The number of nitrogens with one attached hydrogen (secondary N) is 2. The molecule has 0 unspecified atom stereocenters. The summed E-state index contributed by atoms with van der Waals surface area (Å²) < 4.78 is 13.3. The quantitative estimate of drug-likeness (QED) is 0.572. The number of benzene rings is 3. The third kappa shape index (κ3) is 4.83. The Kier molecular flexibility index (Phi) is 6.45. The van der Waals surface area contributed by atoms with Crippen LogP contribution in [-0.4, -0.2) is 23.8 Å². The van der Waals surface area contributed by atoms with Crippen molar-refractivity contribution in [3.05, 3.63) is 83.7 Å². The fourth-order valence-electron chi connectivity index (χ4n) is 4.48. The second-order valence-electron chi connectivity index (χ2n) is 8.54. The fourth-order valence-corrected chi connectivity index (χ4v) is 4.48. The summed E-state index contributed by atoms with van der Waals surface area (Å²) >= 11 is 0. The van der Waals surface area contributed by atoms with Crippen LogP contribution < -0.4 is 15.5 Å². The lowest BCUT2D eigenvalue weighted by atomic mass is 9.88. The van der Waals surface area contributed by atoms with Crippen LogP contribution in [0.4, 0.5) is 15.8 Å². The van der Waals surface area contributed by atoms with E-state index in [0.29, 0.717) is 17.7 Å². The van der Waals surface area contributed by atoms with E-state index < -0.39 is 5.82 Å². The highest BCUT2D eigenvalue weighted by molar-refractivity contribution is 5.97. The summed E-state index contributed by atoms with van der Waals surface area (Å²) in [6.07, 6.45) is 0.537. The largest absolute Gasteiger partial charge is 0.345 e. The van der Waals surface area contributed by atoms with Gasteiger partial charge in [-0.25, -0.2) is 4.39 Å². The molecule has 1 heterocycles. The van der Waals surface area contributed by atoms with E-state index in [1.54, 1.807) is 4.90 Å². The summed E-state index contributed by atoms with van der Waals surface area (Å²) in [5.74, 6) is -0.941. The number of amides is 3. The smallest absolute Gasteiger partial charge is 0.251 e. The summed E-state index contributed by atoms with van der Waals surface area (Å²) in [7, 11) is 0. The maximum absolute atomic E-state index is 13.3. The lowest BCUT2D eigenvalue weighted by Gasteiger charge is -2.39. The molecule has 0 radical (unpaired) electrons. The minimum absolute atomic E-state index is 0.0718. The van der Waals surface area contributed by atoms with Crippen molar-refractivity contribution < 1.29 is 18.8 Å². The van der Waals surface area contributed by atoms with Gasteiger partial charge in [-0.2, -0.15) is 0 Å². The first-order valence-corrected chi connectivity index (χ1v) is 11.1. The Morgan fingerprint density at radius 2 is 1.65 bits per heavy atom. The monoisotopic (exact) mass is 459 g/mol. The van der Waals surface area contributed by atoms with Gasteiger partial charge in [0.05, 0.1) is 6.04 Å². The third-order valence-electron chi connectivity index (χ3n) is 5.95. The van der Waals surface area contributed by atoms with Gasteiger partial charge in [-0.1, -0.05) is 18.2 Å². The molecule has 7 heteroatoms. The standard InChI is InChI=1S/C27H26FN3O3/c1-16-13-25(30-27(34)19-7-10-22(28)11-8-19)24-15-21(9-12-26(24)31(16)18(3)33)20-5-4-6-23(14-20)29-17(2)32/h4-12,14-16,25H,13H2,1-3H3,(H,29,32)(H,30,34)/t16-,25+/m0/s1. The predicted octanol–water partition coefficient (Wildman–Crippen LogP) is 5.07. The SMILES string of the molecule is CC(=O)Nc1cccc(-c2ccc3c(c2)[C@H](NC(=O)c2ccc(F)cc2)C[C@H](C)N3C(C)=O)c1. The van der Waals surface area contributed by atoms with Gasteiger partial charge in [-0.05, 0) is 78.6 Å². The predicted molar refractivity (Wildman–Crippen MR) is 130 cm³/mol. The Morgan fingerprint density at radius 3 is 2.32 bits per heavy atom. The van der Waals surface area contributed by atoms with E-state index in [1.807, 2.05) is 49.4 Å². The topological polar surface area (TPSA) is 78.5 Å². The summed E-state index contributed by atoms with van der Waals surface area (Å²) in [5.41, 5.74) is 4.41. The zero-order chi connectivity index (χ0) is 24.4. The molecule has 2 N–H and O–H groups in total. The van der Waals surface area contributed by atoms with Crippen molar-refractivity contribution in [1.29, 1.82) is 0 Å². The van der Waals surface area contributed by atoms with E-state index in [1.165, 1.54) is 38.1 Å². The molecule has 0 spiro atoms. The highest BCUT2D eigenvalue weighted by atomic mass is 19.1. The zero-order valence-corrected chi connectivity index (χ0v) is 19.3. The summed E-state index contributed by atoms with van der Waals surface area (Å²) in [6.45, 7) is 4.94. The molecule has 34 heavy (non-hydrogen) atoms. The van der Waals surface area contributed by atoms with Gasteiger partial charge in [-0.15, -0.1) is 0 Å². The van der Waals surface area contributed by atoms with E-state index >= 15 is 0 Å². The second kappa shape index (κ2) is 9.47. The van der Waals surface area contributed by atoms with Gasteiger partial charge in [0.1, 0.15) is 5.82 Å². The van der Waals surface area contributed by atoms with Crippen molar-refractivity contribution in [2.45, 2.75) is 39.3 Å². The molecule has 174 valence electrons. The molecule has 4 rings (SSSR count).